The van der Waals surface area contributed by atoms with Crippen molar-refractivity contribution in [2.45, 2.75) is 78.1 Å². The molecule has 9 nitrogen and oxygen atoms in total. The minimum absolute atomic E-state index is 0.128. The number of methoxy groups -OCH3 is 2. The molecule has 0 unspecified atom stereocenters. The van der Waals surface area contributed by atoms with E-state index in [4.69, 9.17) is 18.6 Å². The zero-order chi connectivity index (χ0) is 34.8. The molecule has 0 saturated heterocycles. The summed E-state index contributed by atoms with van der Waals surface area (Å²) in [6.07, 6.45) is 8.37. The molecule has 5 aliphatic rings. The van der Waals surface area contributed by atoms with E-state index in [-0.39, 0.29) is 11.4 Å². The number of anilines is 2. The molecule has 50 heavy (non-hydrogen) atoms. The fraction of sp³-hybridized carbons (Fsp3) is 0.512. The van der Waals surface area contributed by atoms with Gasteiger partial charge < -0.3 is 33.7 Å². The smallest absolute Gasteiger partial charge is 0.305 e. The van der Waals surface area contributed by atoms with Crippen molar-refractivity contribution in [3.63, 3.8) is 0 Å². The molecular formula is C41H51N3O6. The number of nitrogens with one attached hydrogen (secondary N) is 1. The predicted octanol–water partition coefficient (Wildman–Crippen LogP) is 6.92. The van der Waals surface area contributed by atoms with E-state index in [1.807, 2.05) is 6.92 Å². The van der Waals surface area contributed by atoms with Crippen LogP contribution in [0, 0.1) is 0 Å². The SMILES string of the molecule is CCOC(=O)CCCN(CC)c1cc(OC)c(-c2c3cc4c(=O)c(c-3oc3c5c6c(cc23)CCCN6CCC5)CCCNCCC4)cc1OC. The van der Waals surface area contributed by atoms with E-state index >= 15 is 0 Å². The molecule has 0 spiro atoms. The first-order valence-corrected chi connectivity index (χ1v) is 18.7. The Hall–Kier alpha value is -4.24. The number of carbonyl (C=O) groups excluding carboxylic acids is 1. The Morgan fingerprint density at radius 3 is 2.38 bits per heavy atom. The average molecular weight is 682 g/mol. The maximum atomic E-state index is 14.1. The molecule has 266 valence electrons. The van der Waals surface area contributed by atoms with Gasteiger partial charge in [0.25, 0.3) is 0 Å². The Bertz CT molecular complexity index is 1910. The van der Waals surface area contributed by atoms with Crippen LogP contribution in [0.2, 0.25) is 0 Å². The normalized spacial score (nSPS) is 15.9. The topological polar surface area (TPSA) is 93.5 Å². The van der Waals surface area contributed by atoms with Crippen LogP contribution in [0.5, 0.6) is 11.5 Å². The minimum atomic E-state index is -0.178. The van der Waals surface area contributed by atoms with Gasteiger partial charge in [0.1, 0.15) is 22.8 Å². The van der Waals surface area contributed by atoms with Crippen LogP contribution in [0.1, 0.15) is 74.6 Å². The third-order valence-corrected chi connectivity index (χ3v) is 10.8. The molecule has 1 aliphatic carbocycles. The maximum Gasteiger partial charge on any atom is 0.305 e. The summed E-state index contributed by atoms with van der Waals surface area (Å²) >= 11 is 0. The van der Waals surface area contributed by atoms with Crippen molar-refractivity contribution in [2.75, 3.05) is 69.9 Å². The number of nitrogens with zero attached hydrogens (tertiary/aromatic N) is 2. The van der Waals surface area contributed by atoms with Crippen LogP contribution in [0.3, 0.4) is 0 Å². The van der Waals surface area contributed by atoms with Gasteiger partial charge in [-0.2, -0.15) is 0 Å². The minimum Gasteiger partial charge on any atom is -0.496 e. The standard InChI is InChI=1S/C41H51N3O6/c1-5-43(19-11-16-36(45)49-6-2)33-25-34(47-3)30(24-35(33)48-4)37-31-22-26-13-9-20-44-21-10-15-28(38(26)44)40(31)50-41-29-14-8-18-42-17-7-12-27(39(29)46)23-32(37)41/h22-25,42H,5-21H2,1-4H3. The van der Waals surface area contributed by atoms with Crippen molar-refractivity contribution in [2.24, 2.45) is 0 Å². The van der Waals surface area contributed by atoms with E-state index in [9.17, 15) is 9.59 Å². The van der Waals surface area contributed by atoms with E-state index in [1.165, 1.54) is 16.8 Å². The van der Waals surface area contributed by atoms with E-state index in [2.05, 4.69) is 46.3 Å². The van der Waals surface area contributed by atoms with Crippen molar-refractivity contribution >= 4 is 28.3 Å². The summed E-state index contributed by atoms with van der Waals surface area (Å²) in [4.78, 5) is 31.0. The summed E-state index contributed by atoms with van der Waals surface area (Å²) in [5, 5.41) is 4.60. The van der Waals surface area contributed by atoms with Gasteiger partial charge in [-0.25, -0.2) is 0 Å². The van der Waals surface area contributed by atoms with Gasteiger partial charge in [-0.15, -0.1) is 0 Å². The first-order valence-electron chi connectivity index (χ1n) is 18.7. The van der Waals surface area contributed by atoms with Gasteiger partial charge in [0.2, 0.25) is 0 Å². The maximum absolute atomic E-state index is 14.1. The number of aryl methyl sites for hydroxylation is 3. The zero-order valence-corrected chi connectivity index (χ0v) is 30.2. The largest absolute Gasteiger partial charge is 0.496 e. The number of carbonyl (C=O) groups is 1. The van der Waals surface area contributed by atoms with Gasteiger partial charge in [0.15, 0.2) is 5.43 Å². The fourth-order valence-corrected chi connectivity index (χ4v) is 8.49. The molecule has 2 aromatic rings. The van der Waals surface area contributed by atoms with Gasteiger partial charge in [-0.3, -0.25) is 9.59 Å². The molecule has 0 saturated carbocycles. The summed E-state index contributed by atoms with van der Waals surface area (Å²) < 4.78 is 24.6. The first-order chi connectivity index (χ1) is 24.5. The van der Waals surface area contributed by atoms with E-state index in [1.54, 1.807) is 14.2 Å². The van der Waals surface area contributed by atoms with Crippen LogP contribution in [-0.2, 0) is 35.2 Å². The van der Waals surface area contributed by atoms with E-state index < -0.39 is 0 Å². The zero-order valence-electron chi connectivity index (χ0n) is 30.2. The van der Waals surface area contributed by atoms with Gasteiger partial charge in [0, 0.05) is 83.1 Å². The summed E-state index contributed by atoms with van der Waals surface area (Å²) in [7, 11) is 3.43. The van der Waals surface area contributed by atoms with Crippen LogP contribution in [0.25, 0.3) is 33.4 Å². The highest BCUT2D eigenvalue weighted by Crippen LogP contribution is 2.51. The van der Waals surface area contributed by atoms with E-state index in [0.29, 0.717) is 44.6 Å². The molecule has 4 aliphatic heterocycles. The highest BCUT2D eigenvalue weighted by molar-refractivity contribution is 6.07. The van der Waals surface area contributed by atoms with Gasteiger partial charge >= 0.3 is 5.97 Å². The van der Waals surface area contributed by atoms with Crippen LogP contribution in [-0.4, -0.2) is 66.1 Å². The van der Waals surface area contributed by atoms with Crippen LogP contribution in [0.4, 0.5) is 11.4 Å². The van der Waals surface area contributed by atoms with Gasteiger partial charge in [-0.1, -0.05) is 0 Å². The Labute approximate surface area is 295 Å². The second kappa shape index (κ2) is 14.9. The summed E-state index contributed by atoms with van der Waals surface area (Å²) in [5.74, 6) is 1.98. The highest BCUT2D eigenvalue weighted by Gasteiger charge is 2.32. The second-order valence-corrected chi connectivity index (χ2v) is 13.8. The molecule has 0 atom stereocenters. The van der Waals surface area contributed by atoms with Gasteiger partial charge in [0.05, 0.1) is 26.5 Å². The van der Waals surface area contributed by atoms with Crippen molar-refractivity contribution in [3.05, 3.63) is 56.7 Å². The van der Waals surface area contributed by atoms with Gasteiger partial charge in [-0.05, 0) is 108 Å². The molecule has 7 rings (SSSR count). The molecule has 1 N–H and O–H groups in total. The summed E-state index contributed by atoms with van der Waals surface area (Å²) in [6, 6.07) is 8.63. The fourth-order valence-electron chi connectivity index (χ4n) is 8.49. The summed E-state index contributed by atoms with van der Waals surface area (Å²) in [5.41, 5.74) is 10.4. The molecule has 2 aromatic carbocycles. The highest BCUT2D eigenvalue weighted by atomic mass is 16.5. The lowest BCUT2D eigenvalue weighted by Crippen LogP contribution is -2.34. The first kappa shape index (κ1) is 34.2. The third-order valence-electron chi connectivity index (χ3n) is 10.8. The van der Waals surface area contributed by atoms with Crippen LogP contribution in [0.15, 0.2) is 33.5 Å². The predicted molar refractivity (Wildman–Crippen MR) is 200 cm³/mol. The molecule has 4 heterocycles. The number of hydrogen-bond donors (Lipinski definition) is 1. The number of ether oxygens (including phenoxy) is 3. The molecule has 9 heteroatoms. The van der Waals surface area contributed by atoms with E-state index in [0.717, 1.165) is 127 Å². The van der Waals surface area contributed by atoms with Crippen molar-refractivity contribution in [3.8, 4) is 33.9 Å². The molecule has 0 fully saturated rings. The lowest BCUT2D eigenvalue weighted by molar-refractivity contribution is -0.143. The Morgan fingerprint density at radius 1 is 0.880 bits per heavy atom. The van der Waals surface area contributed by atoms with Crippen molar-refractivity contribution < 1.29 is 23.4 Å². The molecule has 0 radical (unpaired) electrons. The molecule has 2 bridgehead atoms. The van der Waals surface area contributed by atoms with Crippen LogP contribution < -0.4 is 30.0 Å². The summed E-state index contributed by atoms with van der Waals surface area (Å²) in [6.45, 7) is 9.64. The van der Waals surface area contributed by atoms with Crippen LogP contribution >= 0.6 is 0 Å². The number of benzene rings is 3. The third kappa shape index (κ3) is 6.29. The Kier molecular flexibility index (Phi) is 10.2. The average Bonchev–Trinajstić information content (AvgIpc) is 3.13. The number of fused-ring (bicyclic) bond motifs is 6. The second-order valence-electron chi connectivity index (χ2n) is 13.8. The quantitative estimate of drug-likeness (QED) is 0.142. The molecular weight excluding hydrogens is 630 g/mol. The van der Waals surface area contributed by atoms with Crippen molar-refractivity contribution in [1.29, 1.82) is 0 Å². The molecule has 0 amide bonds. The monoisotopic (exact) mass is 681 g/mol. The molecule has 0 aromatic heterocycles. The lowest BCUT2D eigenvalue weighted by atomic mass is 9.84. The number of rotatable bonds is 10. The number of hydrogen-bond acceptors (Lipinski definition) is 9. The van der Waals surface area contributed by atoms with Crippen molar-refractivity contribution in [1.82, 2.24) is 5.32 Å². The Balaban J connectivity index is 1.48. The lowest BCUT2D eigenvalue weighted by Gasteiger charge is -2.37. The Morgan fingerprint density at radius 2 is 1.62 bits per heavy atom. The number of esters is 1.